The number of rotatable bonds is 4. The number of amides is 1. The molecule has 1 aromatic rings. The van der Waals surface area contributed by atoms with Crippen LogP contribution in [0.15, 0.2) is 27.8 Å². The number of hydrogen-bond acceptors (Lipinski definition) is 3. The van der Waals surface area contributed by atoms with Crippen LogP contribution in [0, 0.1) is 11.3 Å². The molecule has 1 aromatic heterocycles. The molecule has 1 saturated heterocycles. The van der Waals surface area contributed by atoms with E-state index in [4.69, 9.17) is 4.42 Å². The van der Waals surface area contributed by atoms with Gasteiger partial charge in [-0.2, -0.15) is 0 Å². The number of hydrogen-bond donors (Lipinski definition) is 1. The van der Waals surface area contributed by atoms with Crippen molar-refractivity contribution in [2.24, 2.45) is 16.3 Å². The monoisotopic (exact) mass is 330 g/mol. The summed E-state index contributed by atoms with van der Waals surface area (Å²) in [6.45, 7) is 4.07. The summed E-state index contributed by atoms with van der Waals surface area (Å²) in [5.74, 6) is 2.33. The molecule has 1 N–H and O–H groups in total. The van der Waals surface area contributed by atoms with Crippen LogP contribution in [0.5, 0.6) is 0 Å². The van der Waals surface area contributed by atoms with Crippen molar-refractivity contribution in [1.29, 1.82) is 0 Å². The zero-order valence-corrected chi connectivity index (χ0v) is 14.3. The van der Waals surface area contributed by atoms with Crippen molar-refractivity contribution < 1.29 is 9.21 Å². The van der Waals surface area contributed by atoms with E-state index in [0.29, 0.717) is 24.3 Å². The van der Waals surface area contributed by atoms with Crippen molar-refractivity contribution in [1.82, 2.24) is 15.1 Å². The third-order valence-corrected chi connectivity index (χ3v) is 5.74. The number of piperazine rings is 1. The molecule has 6 heteroatoms. The second-order valence-corrected chi connectivity index (χ2v) is 7.29. The van der Waals surface area contributed by atoms with Gasteiger partial charge in [0.1, 0.15) is 0 Å². The Balaban J connectivity index is 1.28. The van der Waals surface area contributed by atoms with E-state index >= 15 is 0 Å². The van der Waals surface area contributed by atoms with Crippen molar-refractivity contribution >= 4 is 11.9 Å². The predicted molar refractivity (Wildman–Crippen MR) is 91.9 cm³/mol. The zero-order valence-electron chi connectivity index (χ0n) is 14.3. The van der Waals surface area contributed by atoms with Gasteiger partial charge in [0.2, 0.25) is 0 Å². The van der Waals surface area contributed by atoms with Crippen molar-refractivity contribution in [3.8, 4) is 0 Å². The summed E-state index contributed by atoms with van der Waals surface area (Å²) in [7, 11) is 1.85. The molecule has 0 radical (unpaired) electrons. The molecule has 0 atom stereocenters. The summed E-state index contributed by atoms with van der Waals surface area (Å²) in [6.07, 6.45) is 7.10. The lowest BCUT2D eigenvalue weighted by Gasteiger charge is -2.36. The van der Waals surface area contributed by atoms with E-state index in [2.05, 4.69) is 15.2 Å². The standard InChI is InChI=1S/C18H26N4O2/c1-19-17(20-13-18(6-7-18)14-4-5-14)22-10-8-21(9-11-22)16(23)15-3-2-12-24-15/h2-3,12,14H,4-11,13H2,1H3,(H,19,20). The van der Waals surface area contributed by atoms with Crippen molar-refractivity contribution in [3.63, 3.8) is 0 Å². The Hall–Kier alpha value is -1.98. The molecule has 0 bridgehead atoms. The van der Waals surface area contributed by atoms with Gasteiger partial charge in [0.05, 0.1) is 6.26 Å². The van der Waals surface area contributed by atoms with Crippen LogP contribution >= 0.6 is 0 Å². The van der Waals surface area contributed by atoms with Crippen LogP contribution in [-0.4, -0.2) is 61.4 Å². The molecule has 3 aliphatic rings. The molecule has 2 aliphatic carbocycles. The molecule has 3 fully saturated rings. The number of carbonyl (C=O) groups excluding carboxylic acids is 1. The molecule has 130 valence electrons. The van der Waals surface area contributed by atoms with E-state index < -0.39 is 0 Å². The molecule has 0 unspecified atom stereocenters. The number of carbonyl (C=O) groups is 1. The summed E-state index contributed by atoms with van der Waals surface area (Å²) in [5.41, 5.74) is 0.563. The third-order valence-electron chi connectivity index (χ3n) is 5.74. The van der Waals surface area contributed by atoms with Crippen molar-refractivity contribution in [2.45, 2.75) is 25.7 Å². The Morgan fingerprint density at radius 2 is 2.00 bits per heavy atom. The first-order valence-electron chi connectivity index (χ1n) is 9.00. The maximum absolute atomic E-state index is 12.3. The normalized spacial score (nSPS) is 23.3. The number of aliphatic imine (C=N–C) groups is 1. The Bertz CT molecular complexity index is 609. The van der Waals surface area contributed by atoms with E-state index in [1.165, 1.54) is 25.7 Å². The lowest BCUT2D eigenvalue weighted by molar-refractivity contribution is 0.0657. The quantitative estimate of drug-likeness (QED) is 0.675. The summed E-state index contributed by atoms with van der Waals surface area (Å²) < 4.78 is 5.21. The van der Waals surface area contributed by atoms with E-state index in [1.54, 1.807) is 18.4 Å². The highest BCUT2D eigenvalue weighted by atomic mass is 16.3. The first-order valence-corrected chi connectivity index (χ1v) is 9.00. The summed E-state index contributed by atoms with van der Waals surface area (Å²) >= 11 is 0. The highest BCUT2D eigenvalue weighted by molar-refractivity contribution is 5.91. The fourth-order valence-electron chi connectivity index (χ4n) is 3.85. The molecule has 0 aromatic carbocycles. The van der Waals surface area contributed by atoms with Gasteiger partial charge in [0, 0.05) is 39.8 Å². The van der Waals surface area contributed by atoms with Gasteiger partial charge in [0.25, 0.3) is 5.91 Å². The molecular weight excluding hydrogens is 304 g/mol. The van der Waals surface area contributed by atoms with Crippen LogP contribution in [0.3, 0.4) is 0 Å². The molecule has 4 rings (SSSR count). The summed E-state index contributed by atoms with van der Waals surface area (Å²) in [4.78, 5) is 20.9. The van der Waals surface area contributed by atoms with Gasteiger partial charge in [0.15, 0.2) is 11.7 Å². The first kappa shape index (κ1) is 15.5. The highest BCUT2D eigenvalue weighted by Crippen LogP contribution is 2.60. The molecule has 2 saturated carbocycles. The van der Waals surface area contributed by atoms with E-state index in [9.17, 15) is 4.79 Å². The first-order chi connectivity index (χ1) is 11.7. The zero-order chi connectivity index (χ0) is 16.6. The van der Waals surface area contributed by atoms with Gasteiger partial charge in [-0.05, 0) is 49.1 Å². The van der Waals surface area contributed by atoms with Crippen LogP contribution in [0.25, 0.3) is 0 Å². The van der Waals surface area contributed by atoms with E-state index in [1.807, 2.05) is 11.9 Å². The van der Waals surface area contributed by atoms with Crippen LogP contribution in [0.4, 0.5) is 0 Å². The lowest BCUT2D eigenvalue weighted by atomic mass is 10.0. The van der Waals surface area contributed by atoms with Crippen molar-refractivity contribution in [2.75, 3.05) is 39.8 Å². The van der Waals surface area contributed by atoms with Crippen LogP contribution in [-0.2, 0) is 0 Å². The third kappa shape index (κ3) is 3.01. The lowest BCUT2D eigenvalue weighted by Crippen LogP contribution is -2.54. The number of guanidine groups is 1. The Morgan fingerprint density at radius 1 is 1.29 bits per heavy atom. The van der Waals surface area contributed by atoms with Crippen LogP contribution < -0.4 is 5.32 Å². The molecule has 1 amide bonds. The minimum absolute atomic E-state index is 0.0201. The van der Waals surface area contributed by atoms with Gasteiger partial charge in [-0.25, -0.2) is 0 Å². The fourth-order valence-corrected chi connectivity index (χ4v) is 3.85. The Labute approximate surface area is 142 Å². The molecule has 0 spiro atoms. The van der Waals surface area contributed by atoms with Gasteiger partial charge >= 0.3 is 0 Å². The Morgan fingerprint density at radius 3 is 2.54 bits per heavy atom. The second-order valence-electron chi connectivity index (χ2n) is 7.29. The van der Waals surface area contributed by atoms with Gasteiger partial charge in [-0.15, -0.1) is 0 Å². The maximum Gasteiger partial charge on any atom is 0.289 e. The van der Waals surface area contributed by atoms with Crippen LogP contribution in [0.2, 0.25) is 0 Å². The predicted octanol–water partition coefficient (Wildman–Crippen LogP) is 1.80. The largest absolute Gasteiger partial charge is 0.459 e. The molecular formula is C18H26N4O2. The van der Waals surface area contributed by atoms with Gasteiger partial charge in [-0.3, -0.25) is 9.79 Å². The average molecular weight is 330 g/mol. The minimum Gasteiger partial charge on any atom is -0.459 e. The minimum atomic E-state index is -0.0201. The fraction of sp³-hybridized carbons (Fsp3) is 0.667. The van der Waals surface area contributed by atoms with Crippen molar-refractivity contribution in [3.05, 3.63) is 24.2 Å². The second kappa shape index (κ2) is 6.15. The van der Waals surface area contributed by atoms with E-state index in [0.717, 1.165) is 31.5 Å². The smallest absolute Gasteiger partial charge is 0.289 e. The average Bonchev–Trinajstić information content (AvgIpc) is 3.54. The molecule has 2 heterocycles. The highest BCUT2D eigenvalue weighted by Gasteiger charge is 2.53. The molecule has 24 heavy (non-hydrogen) atoms. The van der Waals surface area contributed by atoms with Gasteiger partial charge < -0.3 is 19.5 Å². The van der Waals surface area contributed by atoms with E-state index in [-0.39, 0.29) is 5.91 Å². The van der Waals surface area contributed by atoms with Gasteiger partial charge in [-0.1, -0.05) is 0 Å². The number of nitrogens with one attached hydrogen (secondary N) is 1. The molecule has 1 aliphatic heterocycles. The number of nitrogens with zero attached hydrogens (tertiary/aromatic N) is 3. The number of furan rings is 1. The molecule has 6 nitrogen and oxygen atoms in total. The SMILES string of the molecule is CN=C(NCC1(C2CC2)CC1)N1CCN(C(=O)c2ccco2)CC1. The topological polar surface area (TPSA) is 61.1 Å². The van der Waals surface area contributed by atoms with Crippen LogP contribution in [0.1, 0.15) is 36.2 Å². The summed E-state index contributed by atoms with van der Waals surface area (Å²) in [6, 6.07) is 3.48. The summed E-state index contributed by atoms with van der Waals surface area (Å²) in [5, 5.41) is 3.59. The maximum atomic E-state index is 12.3. The Kier molecular flexibility index (Phi) is 3.98.